The molecule has 0 spiro atoms. The minimum atomic E-state index is -0.0540. The number of nitrogens with one attached hydrogen (secondary N) is 1. The van der Waals surface area contributed by atoms with Crippen LogP contribution in [-0.2, 0) is 0 Å². The lowest BCUT2D eigenvalue weighted by Crippen LogP contribution is -2.28. The monoisotopic (exact) mass is 288 g/mol. The Hall–Kier alpha value is -1.81. The van der Waals surface area contributed by atoms with E-state index in [2.05, 4.69) is 18.3 Å². The molecule has 1 aromatic heterocycles. The van der Waals surface area contributed by atoms with Crippen molar-refractivity contribution < 1.29 is 4.79 Å². The van der Waals surface area contributed by atoms with Crippen molar-refractivity contribution in [1.29, 1.82) is 0 Å². The Morgan fingerprint density at radius 3 is 2.80 bits per heavy atom. The largest absolute Gasteiger partial charge is 0.398 e. The Morgan fingerprint density at radius 1 is 1.35 bits per heavy atom. The average molecular weight is 288 g/mol. The van der Waals surface area contributed by atoms with Crippen molar-refractivity contribution in [3.63, 3.8) is 0 Å². The first kappa shape index (κ1) is 14.6. The molecule has 1 amide bonds. The molecule has 1 unspecified atom stereocenters. The van der Waals surface area contributed by atoms with Gasteiger partial charge in [-0.25, -0.2) is 0 Å². The Bertz CT molecular complexity index is 578. The topological polar surface area (TPSA) is 55.1 Å². The number of hydrogen-bond acceptors (Lipinski definition) is 3. The van der Waals surface area contributed by atoms with Crippen LogP contribution in [0.1, 0.15) is 46.6 Å². The first-order valence-corrected chi connectivity index (χ1v) is 7.70. The molecular weight excluding hydrogens is 268 g/mol. The fourth-order valence-corrected chi connectivity index (χ4v) is 3.01. The Kier molecular flexibility index (Phi) is 4.79. The minimum absolute atomic E-state index is 0.0540. The van der Waals surface area contributed by atoms with Gasteiger partial charge in [-0.15, -0.1) is 11.3 Å². The molecular formula is C16H20N2OS. The molecule has 0 bridgehead atoms. The van der Waals surface area contributed by atoms with E-state index in [0.717, 1.165) is 18.4 Å². The highest BCUT2D eigenvalue weighted by atomic mass is 32.1. The lowest BCUT2D eigenvalue weighted by atomic mass is 10.0. The van der Waals surface area contributed by atoms with Gasteiger partial charge in [-0.3, -0.25) is 4.79 Å². The van der Waals surface area contributed by atoms with Gasteiger partial charge in [0.15, 0.2) is 0 Å². The van der Waals surface area contributed by atoms with Gasteiger partial charge in [-0.1, -0.05) is 25.5 Å². The molecule has 4 heteroatoms. The molecule has 0 saturated carbocycles. The summed E-state index contributed by atoms with van der Waals surface area (Å²) in [5, 5.41) is 5.16. The molecule has 20 heavy (non-hydrogen) atoms. The van der Waals surface area contributed by atoms with Gasteiger partial charge in [0.05, 0.1) is 6.04 Å². The van der Waals surface area contributed by atoms with E-state index in [0.29, 0.717) is 11.3 Å². The smallest absolute Gasteiger partial charge is 0.252 e. The summed E-state index contributed by atoms with van der Waals surface area (Å²) in [5.41, 5.74) is 8.01. The van der Waals surface area contributed by atoms with Crippen LogP contribution in [0, 0.1) is 6.92 Å². The van der Waals surface area contributed by atoms with Crippen LogP contribution in [-0.4, -0.2) is 5.91 Å². The van der Waals surface area contributed by atoms with E-state index in [1.807, 2.05) is 36.6 Å². The molecule has 3 nitrogen and oxygen atoms in total. The molecule has 3 N–H and O–H groups in total. The van der Waals surface area contributed by atoms with Gasteiger partial charge in [0.1, 0.15) is 0 Å². The number of anilines is 1. The summed E-state index contributed by atoms with van der Waals surface area (Å²) < 4.78 is 0. The average Bonchev–Trinajstić information content (AvgIpc) is 2.95. The fraction of sp³-hybridized carbons (Fsp3) is 0.312. The van der Waals surface area contributed by atoms with Crippen molar-refractivity contribution >= 4 is 22.9 Å². The highest BCUT2D eigenvalue weighted by Gasteiger charge is 2.17. The molecule has 1 atom stereocenters. The van der Waals surface area contributed by atoms with E-state index < -0.39 is 0 Å². The maximum Gasteiger partial charge on any atom is 0.252 e. The van der Waals surface area contributed by atoms with Gasteiger partial charge in [0.2, 0.25) is 0 Å². The van der Waals surface area contributed by atoms with Crippen LogP contribution < -0.4 is 11.1 Å². The zero-order valence-electron chi connectivity index (χ0n) is 11.8. The van der Waals surface area contributed by atoms with Gasteiger partial charge in [0.25, 0.3) is 5.91 Å². The quantitative estimate of drug-likeness (QED) is 0.820. The van der Waals surface area contributed by atoms with Crippen LogP contribution >= 0.6 is 11.3 Å². The molecule has 2 rings (SSSR count). The summed E-state index contributed by atoms with van der Waals surface area (Å²) in [6, 6.07) is 9.61. The predicted octanol–water partition coefficient (Wildman–Crippen LogP) is 3.91. The first-order valence-electron chi connectivity index (χ1n) is 6.82. The van der Waals surface area contributed by atoms with Crippen LogP contribution in [0.3, 0.4) is 0 Å². The fourth-order valence-electron chi connectivity index (χ4n) is 2.20. The first-order chi connectivity index (χ1) is 9.63. The highest BCUT2D eigenvalue weighted by Crippen LogP contribution is 2.24. The maximum absolute atomic E-state index is 12.4. The third kappa shape index (κ3) is 3.20. The number of rotatable bonds is 5. The second kappa shape index (κ2) is 6.57. The van der Waals surface area contributed by atoms with E-state index in [1.165, 1.54) is 4.88 Å². The number of thiophene rings is 1. The van der Waals surface area contributed by atoms with Crippen molar-refractivity contribution in [1.82, 2.24) is 5.32 Å². The molecule has 0 radical (unpaired) electrons. The normalized spacial score (nSPS) is 12.1. The van der Waals surface area contributed by atoms with Crippen molar-refractivity contribution in [2.24, 2.45) is 0 Å². The number of benzene rings is 1. The SMILES string of the molecule is CCCC(NC(=O)c1cccc(N)c1C)c1cccs1. The number of nitrogen functional groups attached to an aromatic ring is 1. The van der Waals surface area contributed by atoms with E-state index in [4.69, 9.17) is 5.73 Å². The highest BCUT2D eigenvalue weighted by molar-refractivity contribution is 7.10. The number of hydrogen-bond donors (Lipinski definition) is 2. The van der Waals surface area contributed by atoms with E-state index in [9.17, 15) is 4.79 Å². The summed E-state index contributed by atoms with van der Waals surface area (Å²) in [5.74, 6) is -0.0540. The van der Waals surface area contributed by atoms with Gasteiger partial charge in [-0.2, -0.15) is 0 Å². The lowest BCUT2D eigenvalue weighted by molar-refractivity contribution is 0.0934. The number of nitrogens with two attached hydrogens (primary N) is 1. The lowest BCUT2D eigenvalue weighted by Gasteiger charge is -2.18. The van der Waals surface area contributed by atoms with Crippen LogP contribution in [0.5, 0.6) is 0 Å². The molecule has 0 saturated heterocycles. The summed E-state index contributed by atoms with van der Waals surface area (Å²) in [6.45, 7) is 4.00. The predicted molar refractivity (Wildman–Crippen MR) is 85.0 cm³/mol. The summed E-state index contributed by atoms with van der Waals surface area (Å²) in [7, 11) is 0. The summed E-state index contributed by atoms with van der Waals surface area (Å²) in [6.07, 6.45) is 1.96. The minimum Gasteiger partial charge on any atom is -0.398 e. The Morgan fingerprint density at radius 2 is 2.15 bits per heavy atom. The Labute approximate surface area is 123 Å². The van der Waals surface area contributed by atoms with Crippen molar-refractivity contribution in [2.45, 2.75) is 32.7 Å². The van der Waals surface area contributed by atoms with E-state index in [1.54, 1.807) is 11.3 Å². The molecule has 0 aliphatic carbocycles. The zero-order valence-corrected chi connectivity index (χ0v) is 12.7. The summed E-state index contributed by atoms with van der Waals surface area (Å²) >= 11 is 1.68. The van der Waals surface area contributed by atoms with Gasteiger partial charge < -0.3 is 11.1 Å². The number of amides is 1. The second-order valence-electron chi connectivity index (χ2n) is 4.85. The van der Waals surface area contributed by atoms with Crippen LogP contribution in [0.4, 0.5) is 5.69 Å². The molecule has 0 aliphatic rings. The summed E-state index contributed by atoms with van der Waals surface area (Å²) in [4.78, 5) is 13.6. The zero-order chi connectivity index (χ0) is 14.5. The molecule has 2 aromatic rings. The van der Waals surface area contributed by atoms with Gasteiger partial charge in [0, 0.05) is 16.1 Å². The standard InChI is InChI=1S/C16H20N2OS/c1-3-6-14(15-9-5-10-20-15)18-16(19)12-7-4-8-13(17)11(12)2/h4-5,7-10,14H,3,6,17H2,1-2H3,(H,18,19). The third-order valence-corrected chi connectivity index (χ3v) is 4.38. The molecule has 0 fully saturated rings. The van der Waals surface area contributed by atoms with Crippen molar-refractivity contribution in [3.05, 3.63) is 51.7 Å². The Balaban J connectivity index is 2.18. The molecule has 1 aromatic carbocycles. The molecule has 0 aliphatic heterocycles. The second-order valence-corrected chi connectivity index (χ2v) is 5.83. The van der Waals surface area contributed by atoms with Gasteiger partial charge in [-0.05, 0) is 42.5 Å². The van der Waals surface area contributed by atoms with Crippen molar-refractivity contribution in [3.8, 4) is 0 Å². The number of carbonyl (C=O) groups excluding carboxylic acids is 1. The molecule has 106 valence electrons. The van der Waals surface area contributed by atoms with E-state index >= 15 is 0 Å². The van der Waals surface area contributed by atoms with Gasteiger partial charge >= 0.3 is 0 Å². The van der Waals surface area contributed by atoms with Crippen LogP contribution in [0.2, 0.25) is 0 Å². The van der Waals surface area contributed by atoms with E-state index in [-0.39, 0.29) is 11.9 Å². The van der Waals surface area contributed by atoms with Crippen LogP contribution in [0.15, 0.2) is 35.7 Å². The maximum atomic E-state index is 12.4. The third-order valence-electron chi connectivity index (χ3n) is 3.39. The molecule has 1 heterocycles. The van der Waals surface area contributed by atoms with Crippen molar-refractivity contribution in [2.75, 3.05) is 5.73 Å². The number of carbonyl (C=O) groups is 1. The van der Waals surface area contributed by atoms with Crippen LogP contribution in [0.25, 0.3) is 0 Å².